The third-order valence-electron chi connectivity index (χ3n) is 3.04. The second-order valence-electron chi connectivity index (χ2n) is 4.88. The van der Waals surface area contributed by atoms with Crippen molar-refractivity contribution in [3.63, 3.8) is 0 Å². The van der Waals surface area contributed by atoms with Gasteiger partial charge in [-0.15, -0.1) is 0 Å². The van der Waals surface area contributed by atoms with E-state index in [9.17, 15) is 13.2 Å². The normalized spacial score (nSPS) is 11.0. The lowest BCUT2D eigenvalue weighted by molar-refractivity contribution is -0.114. The van der Waals surface area contributed by atoms with Gasteiger partial charge in [0, 0.05) is 11.2 Å². The van der Waals surface area contributed by atoms with E-state index in [-0.39, 0.29) is 5.69 Å². The van der Waals surface area contributed by atoms with E-state index in [1.165, 1.54) is 25.4 Å². The SMILES string of the molecule is COc1ccc(Cl)cc1N(CC(=O)Nc1cccnc1)S(C)(=O)=O. The van der Waals surface area contributed by atoms with Crippen LogP contribution in [-0.4, -0.2) is 39.2 Å². The third-order valence-corrected chi connectivity index (χ3v) is 4.40. The quantitative estimate of drug-likeness (QED) is 0.842. The number of anilines is 2. The number of nitrogens with one attached hydrogen (secondary N) is 1. The lowest BCUT2D eigenvalue weighted by Crippen LogP contribution is -2.37. The minimum absolute atomic E-state index is 0.189. The number of hydrogen-bond acceptors (Lipinski definition) is 5. The monoisotopic (exact) mass is 369 g/mol. The molecular formula is C15H16ClN3O4S. The molecule has 9 heteroatoms. The van der Waals surface area contributed by atoms with Crippen molar-refractivity contribution in [3.05, 3.63) is 47.7 Å². The van der Waals surface area contributed by atoms with Crippen LogP contribution in [0.15, 0.2) is 42.7 Å². The van der Waals surface area contributed by atoms with Crippen molar-refractivity contribution in [2.45, 2.75) is 0 Å². The zero-order chi connectivity index (χ0) is 17.7. The van der Waals surface area contributed by atoms with Crippen molar-refractivity contribution < 1.29 is 17.9 Å². The Balaban J connectivity index is 2.30. The maximum absolute atomic E-state index is 12.2. The molecule has 0 saturated heterocycles. The first-order chi connectivity index (χ1) is 11.3. The van der Waals surface area contributed by atoms with Crippen molar-refractivity contribution in [1.29, 1.82) is 0 Å². The molecule has 1 heterocycles. The van der Waals surface area contributed by atoms with E-state index >= 15 is 0 Å². The Labute approximate surface area is 145 Å². The molecule has 0 saturated carbocycles. The fourth-order valence-electron chi connectivity index (χ4n) is 2.01. The number of benzene rings is 1. The largest absolute Gasteiger partial charge is 0.495 e. The molecule has 0 aliphatic rings. The summed E-state index contributed by atoms with van der Waals surface area (Å²) in [5.41, 5.74) is 0.655. The van der Waals surface area contributed by atoms with E-state index in [0.29, 0.717) is 16.5 Å². The van der Waals surface area contributed by atoms with E-state index < -0.39 is 22.5 Å². The van der Waals surface area contributed by atoms with Crippen LogP contribution in [0.5, 0.6) is 5.75 Å². The summed E-state index contributed by atoms with van der Waals surface area (Å²) in [4.78, 5) is 16.1. The Hall–Kier alpha value is -2.32. The summed E-state index contributed by atoms with van der Waals surface area (Å²) in [6, 6.07) is 7.84. The highest BCUT2D eigenvalue weighted by molar-refractivity contribution is 7.92. The van der Waals surface area contributed by atoms with Gasteiger partial charge >= 0.3 is 0 Å². The van der Waals surface area contributed by atoms with Gasteiger partial charge in [-0.05, 0) is 30.3 Å². The molecule has 1 aromatic heterocycles. The molecule has 0 aliphatic carbocycles. The van der Waals surface area contributed by atoms with Gasteiger partial charge in [0.1, 0.15) is 12.3 Å². The summed E-state index contributed by atoms with van der Waals surface area (Å²) < 4.78 is 30.4. The van der Waals surface area contributed by atoms with Crippen LogP contribution >= 0.6 is 11.6 Å². The van der Waals surface area contributed by atoms with Crippen molar-refractivity contribution in [1.82, 2.24) is 4.98 Å². The van der Waals surface area contributed by atoms with Crippen molar-refractivity contribution >= 4 is 38.9 Å². The van der Waals surface area contributed by atoms with Gasteiger partial charge in [0.15, 0.2) is 0 Å². The molecule has 2 aromatic rings. The molecule has 0 atom stereocenters. The van der Waals surface area contributed by atoms with E-state index in [4.69, 9.17) is 16.3 Å². The van der Waals surface area contributed by atoms with E-state index in [1.807, 2.05) is 0 Å². The molecule has 2 rings (SSSR count). The highest BCUT2D eigenvalue weighted by Crippen LogP contribution is 2.32. The molecule has 1 aromatic carbocycles. The molecule has 24 heavy (non-hydrogen) atoms. The minimum Gasteiger partial charge on any atom is -0.495 e. The van der Waals surface area contributed by atoms with Crippen LogP contribution in [0.4, 0.5) is 11.4 Å². The minimum atomic E-state index is -3.74. The lowest BCUT2D eigenvalue weighted by atomic mass is 10.3. The molecule has 0 unspecified atom stereocenters. The predicted octanol–water partition coefficient (Wildman–Crippen LogP) is 2.15. The van der Waals surface area contributed by atoms with Crippen LogP contribution in [0.25, 0.3) is 0 Å². The smallest absolute Gasteiger partial charge is 0.245 e. The molecule has 1 N–H and O–H groups in total. The van der Waals surface area contributed by atoms with Crippen molar-refractivity contribution in [2.24, 2.45) is 0 Å². The number of hydrogen-bond donors (Lipinski definition) is 1. The number of carbonyl (C=O) groups is 1. The second-order valence-corrected chi connectivity index (χ2v) is 7.22. The Bertz CT molecular complexity index is 828. The summed E-state index contributed by atoms with van der Waals surface area (Å²) in [5.74, 6) is -0.227. The Morgan fingerprint density at radius 2 is 2.12 bits per heavy atom. The molecule has 0 fully saturated rings. The Kier molecular flexibility index (Phi) is 5.63. The number of pyridine rings is 1. The Morgan fingerprint density at radius 3 is 2.71 bits per heavy atom. The molecule has 0 radical (unpaired) electrons. The summed E-state index contributed by atoms with van der Waals surface area (Å²) in [6.45, 7) is -0.426. The average Bonchev–Trinajstić information content (AvgIpc) is 2.52. The number of amides is 1. The molecule has 1 amide bonds. The predicted molar refractivity (Wildman–Crippen MR) is 93.1 cm³/mol. The van der Waals surface area contributed by atoms with E-state index in [2.05, 4.69) is 10.3 Å². The lowest BCUT2D eigenvalue weighted by Gasteiger charge is -2.24. The van der Waals surface area contributed by atoms with Gasteiger partial charge in [-0.25, -0.2) is 8.42 Å². The number of sulfonamides is 1. The molecule has 0 bridgehead atoms. The van der Waals surface area contributed by atoms with Crippen LogP contribution in [0.2, 0.25) is 5.02 Å². The van der Waals surface area contributed by atoms with Gasteiger partial charge < -0.3 is 10.1 Å². The summed E-state index contributed by atoms with van der Waals surface area (Å²) >= 11 is 5.95. The van der Waals surface area contributed by atoms with E-state index in [1.54, 1.807) is 24.4 Å². The van der Waals surface area contributed by atoms with Crippen molar-refractivity contribution in [2.75, 3.05) is 29.5 Å². The van der Waals surface area contributed by atoms with Gasteiger partial charge in [-0.2, -0.15) is 0 Å². The third kappa shape index (κ3) is 4.59. The second kappa shape index (κ2) is 7.50. The maximum Gasteiger partial charge on any atom is 0.245 e. The van der Waals surface area contributed by atoms with Crippen LogP contribution in [0.3, 0.4) is 0 Å². The maximum atomic E-state index is 12.2. The highest BCUT2D eigenvalue weighted by atomic mass is 35.5. The van der Waals surface area contributed by atoms with Crippen LogP contribution in [0, 0.1) is 0 Å². The first-order valence-electron chi connectivity index (χ1n) is 6.82. The first-order valence-corrected chi connectivity index (χ1v) is 9.05. The fraction of sp³-hybridized carbons (Fsp3) is 0.200. The fourth-order valence-corrected chi connectivity index (χ4v) is 3.02. The number of methoxy groups -OCH3 is 1. The number of ether oxygens (including phenoxy) is 1. The van der Waals surface area contributed by atoms with Gasteiger partial charge in [0.05, 0.1) is 30.9 Å². The van der Waals surface area contributed by atoms with Crippen LogP contribution < -0.4 is 14.4 Å². The number of rotatable bonds is 6. The molecule has 0 spiro atoms. The van der Waals surface area contributed by atoms with Gasteiger partial charge in [-0.3, -0.25) is 14.1 Å². The van der Waals surface area contributed by atoms with Crippen LogP contribution in [0.1, 0.15) is 0 Å². The summed E-state index contributed by atoms with van der Waals surface area (Å²) in [5, 5.41) is 2.91. The summed E-state index contributed by atoms with van der Waals surface area (Å²) in [7, 11) is -2.33. The zero-order valence-corrected chi connectivity index (χ0v) is 14.6. The molecule has 0 aliphatic heterocycles. The van der Waals surface area contributed by atoms with Crippen molar-refractivity contribution in [3.8, 4) is 5.75 Å². The Morgan fingerprint density at radius 1 is 1.38 bits per heavy atom. The van der Waals surface area contributed by atoms with Crippen LogP contribution in [-0.2, 0) is 14.8 Å². The van der Waals surface area contributed by atoms with Gasteiger partial charge in [0.2, 0.25) is 15.9 Å². The number of halogens is 1. The van der Waals surface area contributed by atoms with Gasteiger partial charge in [-0.1, -0.05) is 11.6 Å². The summed E-state index contributed by atoms with van der Waals surface area (Å²) in [6.07, 6.45) is 4.03. The molecule has 128 valence electrons. The number of aromatic nitrogens is 1. The number of nitrogens with zero attached hydrogens (tertiary/aromatic N) is 2. The number of carbonyl (C=O) groups excluding carboxylic acids is 1. The van der Waals surface area contributed by atoms with Gasteiger partial charge in [0.25, 0.3) is 0 Å². The standard InChI is InChI=1S/C15H16ClN3O4S/c1-23-14-6-5-11(16)8-13(14)19(24(2,21)22)10-15(20)18-12-4-3-7-17-9-12/h3-9H,10H2,1-2H3,(H,18,20). The highest BCUT2D eigenvalue weighted by Gasteiger charge is 2.24. The first kappa shape index (κ1) is 18.0. The molecular weight excluding hydrogens is 354 g/mol. The average molecular weight is 370 g/mol. The zero-order valence-electron chi connectivity index (χ0n) is 13.1. The van der Waals surface area contributed by atoms with E-state index in [0.717, 1.165) is 10.6 Å². The topological polar surface area (TPSA) is 88.6 Å². The molecule has 7 nitrogen and oxygen atoms in total.